The van der Waals surface area contributed by atoms with E-state index in [1.165, 1.54) is 0 Å². The summed E-state index contributed by atoms with van der Waals surface area (Å²) in [6, 6.07) is 11.2. The number of nitriles is 1. The molecule has 2 unspecified atom stereocenters. The molecule has 1 aliphatic heterocycles. The minimum atomic E-state index is -0.739. The Bertz CT molecular complexity index is 419. The van der Waals surface area contributed by atoms with Crippen LogP contribution in [0.25, 0.3) is 0 Å². The van der Waals surface area contributed by atoms with E-state index in [0.717, 1.165) is 12.0 Å². The third-order valence-corrected chi connectivity index (χ3v) is 2.80. The molecule has 88 valence electrons. The first-order chi connectivity index (χ1) is 8.31. The number of rotatable bonds is 3. The molecular formula is C13H14N2O2. The molecule has 0 saturated carbocycles. The fraction of sp³-hybridized carbons (Fsp3) is 0.385. The Morgan fingerprint density at radius 2 is 2.24 bits per heavy atom. The molecule has 2 atom stereocenters. The third kappa shape index (κ3) is 2.83. The van der Waals surface area contributed by atoms with Crippen molar-refractivity contribution < 1.29 is 9.53 Å². The summed E-state index contributed by atoms with van der Waals surface area (Å²) in [5.74, 6) is -0.981. The molecule has 1 amide bonds. The SMILES string of the molecule is N#CC(C(=O)NC1CCOC1)c1ccccc1. The number of carbonyl (C=O) groups excluding carboxylic acids is 1. The van der Waals surface area contributed by atoms with Crippen LogP contribution in [0.5, 0.6) is 0 Å². The van der Waals surface area contributed by atoms with Gasteiger partial charge in [-0.3, -0.25) is 4.79 Å². The van der Waals surface area contributed by atoms with Crippen LogP contribution in [0.4, 0.5) is 0 Å². The second kappa shape index (κ2) is 5.46. The first-order valence-electron chi connectivity index (χ1n) is 5.64. The van der Waals surface area contributed by atoms with Crippen LogP contribution in [-0.2, 0) is 9.53 Å². The second-order valence-electron chi connectivity index (χ2n) is 4.04. The van der Waals surface area contributed by atoms with Crippen molar-refractivity contribution in [3.63, 3.8) is 0 Å². The van der Waals surface area contributed by atoms with E-state index >= 15 is 0 Å². The molecule has 4 nitrogen and oxygen atoms in total. The first-order valence-corrected chi connectivity index (χ1v) is 5.64. The summed E-state index contributed by atoms with van der Waals surface area (Å²) >= 11 is 0. The van der Waals surface area contributed by atoms with E-state index in [1.807, 2.05) is 24.3 Å². The van der Waals surface area contributed by atoms with Gasteiger partial charge in [-0.1, -0.05) is 30.3 Å². The van der Waals surface area contributed by atoms with Gasteiger partial charge in [0.15, 0.2) is 0 Å². The summed E-state index contributed by atoms with van der Waals surface area (Å²) < 4.78 is 5.18. The lowest BCUT2D eigenvalue weighted by molar-refractivity contribution is -0.122. The number of benzene rings is 1. The quantitative estimate of drug-likeness (QED) is 0.848. The Balaban J connectivity index is 2.03. The minimum Gasteiger partial charge on any atom is -0.379 e. The maximum absolute atomic E-state index is 11.9. The molecule has 0 bridgehead atoms. The predicted molar refractivity (Wildman–Crippen MR) is 62.2 cm³/mol. The van der Waals surface area contributed by atoms with E-state index in [1.54, 1.807) is 12.1 Å². The van der Waals surface area contributed by atoms with Gasteiger partial charge >= 0.3 is 0 Å². The molecule has 1 saturated heterocycles. The highest BCUT2D eigenvalue weighted by molar-refractivity contribution is 5.86. The molecule has 1 aliphatic rings. The number of carbonyl (C=O) groups is 1. The van der Waals surface area contributed by atoms with Gasteiger partial charge < -0.3 is 10.1 Å². The maximum Gasteiger partial charge on any atom is 0.242 e. The van der Waals surface area contributed by atoms with Crippen molar-refractivity contribution in [2.75, 3.05) is 13.2 Å². The lowest BCUT2D eigenvalue weighted by Gasteiger charge is -2.14. The van der Waals surface area contributed by atoms with E-state index < -0.39 is 5.92 Å². The zero-order chi connectivity index (χ0) is 12.1. The summed E-state index contributed by atoms with van der Waals surface area (Å²) in [6.07, 6.45) is 0.818. The van der Waals surface area contributed by atoms with E-state index in [4.69, 9.17) is 10.00 Å². The molecule has 0 aliphatic carbocycles. The van der Waals surface area contributed by atoms with Gasteiger partial charge in [-0.25, -0.2) is 0 Å². The standard InChI is InChI=1S/C13H14N2O2/c14-8-12(10-4-2-1-3-5-10)13(16)15-11-6-7-17-9-11/h1-5,11-12H,6-7,9H2,(H,15,16). The van der Waals surface area contributed by atoms with Crippen molar-refractivity contribution in [2.45, 2.75) is 18.4 Å². The van der Waals surface area contributed by atoms with Crippen molar-refractivity contribution in [3.8, 4) is 6.07 Å². The first kappa shape index (κ1) is 11.6. The number of nitrogens with zero attached hydrogens (tertiary/aromatic N) is 1. The van der Waals surface area contributed by atoms with Crippen molar-refractivity contribution >= 4 is 5.91 Å². The third-order valence-electron chi connectivity index (χ3n) is 2.80. The van der Waals surface area contributed by atoms with Gasteiger partial charge in [0.1, 0.15) is 5.92 Å². The summed E-state index contributed by atoms with van der Waals surface area (Å²) in [6.45, 7) is 1.21. The summed E-state index contributed by atoms with van der Waals surface area (Å²) in [7, 11) is 0. The average Bonchev–Trinajstić information content (AvgIpc) is 2.84. The Labute approximate surface area is 100 Å². The van der Waals surface area contributed by atoms with Gasteiger partial charge in [0.05, 0.1) is 18.7 Å². The van der Waals surface area contributed by atoms with E-state index in [9.17, 15) is 4.79 Å². The number of hydrogen-bond donors (Lipinski definition) is 1. The van der Waals surface area contributed by atoms with Crippen molar-refractivity contribution in [1.29, 1.82) is 5.26 Å². The number of ether oxygens (including phenoxy) is 1. The molecule has 1 aromatic carbocycles. The molecular weight excluding hydrogens is 216 g/mol. The van der Waals surface area contributed by atoms with Crippen LogP contribution in [0.15, 0.2) is 30.3 Å². The van der Waals surface area contributed by atoms with Gasteiger partial charge in [0, 0.05) is 6.61 Å². The van der Waals surface area contributed by atoms with Crippen LogP contribution in [0.2, 0.25) is 0 Å². The van der Waals surface area contributed by atoms with Crippen LogP contribution >= 0.6 is 0 Å². The minimum absolute atomic E-state index is 0.0436. The van der Waals surface area contributed by atoms with Crippen molar-refractivity contribution in [2.24, 2.45) is 0 Å². The highest BCUT2D eigenvalue weighted by Crippen LogP contribution is 2.15. The molecule has 1 heterocycles. The fourth-order valence-corrected chi connectivity index (χ4v) is 1.86. The van der Waals surface area contributed by atoms with Crippen LogP contribution in [0.1, 0.15) is 17.9 Å². The lowest BCUT2D eigenvalue weighted by Crippen LogP contribution is -2.38. The Kier molecular flexibility index (Phi) is 3.73. The highest BCUT2D eigenvalue weighted by Gasteiger charge is 2.24. The lowest BCUT2D eigenvalue weighted by atomic mass is 9.99. The maximum atomic E-state index is 11.9. The summed E-state index contributed by atoms with van der Waals surface area (Å²) in [5, 5.41) is 11.9. The molecule has 1 fully saturated rings. The molecule has 0 aromatic heterocycles. The van der Waals surface area contributed by atoms with Crippen LogP contribution < -0.4 is 5.32 Å². The second-order valence-corrected chi connectivity index (χ2v) is 4.04. The van der Waals surface area contributed by atoms with Crippen LogP contribution in [-0.4, -0.2) is 25.2 Å². The van der Waals surface area contributed by atoms with Crippen LogP contribution in [0, 0.1) is 11.3 Å². The largest absolute Gasteiger partial charge is 0.379 e. The molecule has 0 radical (unpaired) electrons. The van der Waals surface area contributed by atoms with Crippen LogP contribution in [0.3, 0.4) is 0 Å². The average molecular weight is 230 g/mol. The molecule has 1 aromatic rings. The predicted octanol–water partition coefficient (Wildman–Crippen LogP) is 1.20. The molecule has 4 heteroatoms. The normalized spacial score (nSPS) is 20.5. The van der Waals surface area contributed by atoms with Gasteiger partial charge in [-0.2, -0.15) is 5.26 Å². The fourth-order valence-electron chi connectivity index (χ4n) is 1.86. The molecule has 2 rings (SSSR count). The monoisotopic (exact) mass is 230 g/mol. The Hall–Kier alpha value is -1.86. The Morgan fingerprint density at radius 1 is 1.47 bits per heavy atom. The van der Waals surface area contributed by atoms with Gasteiger partial charge in [0.25, 0.3) is 0 Å². The molecule has 1 N–H and O–H groups in total. The number of hydrogen-bond acceptors (Lipinski definition) is 3. The van der Waals surface area contributed by atoms with E-state index in [2.05, 4.69) is 5.32 Å². The smallest absolute Gasteiger partial charge is 0.242 e. The van der Waals surface area contributed by atoms with E-state index in [0.29, 0.717) is 13.2 Å². The summed E-state index contributed by atoms with van der Waals surface area (Å²) in [5.41, 5.74) is 0.728. The topological polar surface area (TPSA) is 62.1 Å². The van der Waals surface area contributed by atoms with E-state index in [-0.39, 0.29) is 11.9 Å². The van der Waals surface area contributed by atoms with Gasteiger partial charge in [-0.15, -0.1) is 0 Å². The number of amides is 1. The van der Waals surface area contributed by atoms with Crippen molar-refractivity contribution in [3.05, 3.63) is 35.9 Å². The van der Waals surface area contributed by atoms with Gasteiger partial charge in [0.2, 0.25) is 5.91 Å². The number of nitrogens with one attached hydrogen (secondary N) is 1. The zero-order valence-electron chi connectivity index (χ0n) is 9.43. The van der Waals surface area contributed by atoms with Gasteiger partial charge in [-0.05, 0) is 12.0 Å². The molecule has 17 heavy (non-hydrogen) atoms. The molecule has 0 spiro atoms. The summed E-state index contributed by atoms with van der Waals surface area (Å²) in [4.78, 5) is 11.9. The highest BCUT2D eigenvalue weighted by atomic mass is 16.5. The Morgan fingerprint density at radius 3 is 2.82 bits per heavy atom. The van der Waals surface area contributed by atoms with Crippen molar-refractivity contribution in [1.82, 2.24) is 5.32 Å². The zero-order valence-corrected chi connectivity index (χ0v) is 9.43.